The van der Waals surface area contributed by atoms with Crippen LogP contribution < -0.4 is 10.0 Å². The maximum atomic E-state index is 11.6. The van der Waals surface area contributed by atoms with Crippen LogP contribution in [0.4, 0.5) is 5.82 Å². The molecule has 21 heavy (non-hydrogen) atoms. The lowest BCUT2D eigenvalue weighted by atomic mass is 10.5. The Hall–Kier alpha value is -1.93. The van der Waals surface area contributed by atoms with Crippen LogP contribution in [0.15, 0.2) is 36.7 Å². The standard InChI is InChI=1S/C13H17N5O2S/c19-21(20,11-3-4-11)15-8-7-14-12-5-6-13(17-16-12)18-9-1-2-10-18/h1-2,5-6,9-11,15H,3-4,7-8H2,(H,14,16). The second-order valence-corrected chi connectivity index (χ2v) is 6.98. The van der Waals surface area contributed by atoms with Crippen molar-refractivity contribution in [1.82, 2.24) is 19.5 Å². The Morgan fingerprint density at radius 2 is 1.90 bits per heavy atom. The summed E-state index contributed by atoms with van der Waals surface area (Å²) in [6, 6.07) is 7.50. The van der Waals surface area contributed by atoms with Gasteiger partial charge in [-0.3, -0.25) is 0 Å². The first-order valence-electron chi connectivity index (χ1n) is 6.84. The van der Waals surface area contributed by atoms with E-state index < -0.39 is 10.0 Å². The number of sulfonamides is 1. The van der Waals surface area contributed by atoms with Crippen molar-refractivity contribution in [2.75, 3.05) is 18.4 Å². The molecular weight excluding hydrogens is 290 g/mol. The van der Waals surface area contributed by atoms with E-state index in [1.807, 2.05) is 41.2 Å². The summed E-state index contributed by atoms with van der Waals surface area (Å²) in [5.74, 6) is 1.36. The lowest BCUT2D eigenvalue weighted by Crippen LogP contribution is -2.31. The molecule has 1 aliphatic carbocycles. The van der Waals surface area contributed by atoms with Gasteiger partial charge in [-0.15, -0.1) is 10.2 Å². The van der Waals surface area contributed by atoms with Crippen LogP contribution in [0.3, 0.4) is 0 Å². The van der Waals surface area contributed by atoms with Crippen molar-refractivity contribution >= 4 is 15.8 Å². The van der Waals surface area contributed by atoms with Crippen LogP contribution in [0.5, 0.6) is 0 Å². The van der Waals surface area contributed by atoms with Gasteiger partial charge < -0.3 is 9.88 Å². The minimum atomic E-state index is -3.11. The van der Waals surface area contributed by atoms with Gasteiger partial charge in [0.25, 0.3) is 0 Å². The zero-order valence-corrected chi connectivity index (χ0v) is 12.3. The fourth-order valence-corrected chi connectivity index (χ4v) is 3.30. The van der Waals surface area contributed by atoms with Crippen molar-refractivity contribution in [3.63, 3.8) is 0 Å². The zero-order valence-electron chi connectivity index (χ0n) is 11.4. The summed E-state index contributed by atoms with van der Waals surface area (Å²) in [5.41, 5.74) is 0. The van der Waals surface area contributed by atoms with E-state index in [0.717, 1.165) is 18.7 Å². The lowest BCUT2D eigenvalue weighted by Gasteiger charge is -2.07. The van der Waals surface area contributed by atoms with E-state index in [1.54, 1.807) is 0 Å². The molecule has 0 aliphatic heterocycles. The van der Waals surface area contributed by atoms with Gasteiger partial charge in [0.1, 0.15) is 5.82 Å². The van der Waals surface area contributed by atoms with E-state index in [2.05, 4.69) is 20.2 Å². The largest absolute Gasteiger partial charge is 0.367 e. The van der Waals surface area contributed by atoms with Crippen molar-refractivity contribution in [3.8, 4) is 5.82 Å². The molecular formula is C13H17N5O2S. The van der Waals surface area contributed by atoms with Gasteiger partial charge in [-0.2, -0.15) is 0 Å². The molecule has 2 aromatic heterocycles. The molecule has 0 aromatic carbocycles. The van der Waals surface area contributed by atoms with Gasteiger partial charge in [0, 0.05) is 25.5 Å². The number of nitrogens with one attached hydrogen (secondary N) is 2. The summed E-state index contributed by atoms with van der Waals surface area (Å²) in [6.45, 7) is 0.823. The molecule has 0 radical (unpaired) electrons. The number of hydrogen-bond acceptors (Lipinski definition) is 5. The highest BCUT2D eigenvalue weighted by Crippen LogP contribution is 2.27. The maximum absolute atomic E-state index is 11.6. The summed E-state index contributed by atoms with van der Waals surface area (Å²) in [4.78, 5) is 0. The summed E-state index contributed by atoms with van der Waals surface area (Å²) in [6.07, 6.45) is 5.33. The third kappa shape index (κ3) is 3.59. The highest BCUT2D eigenvalue weighted by molar-refractivity contribution is 7.90. The topological polar surface area (TPSA) is 88.9 Å². The summed E-state index contributed by atoms with van der Waals surface area (Å²) in [5, 5.41) is 11.0. The number of hydrogen-bond donors (Lipinski definition) is 2. The maximum Gasteiger partial charge on any atom is 0.214 e. The van der Waals surface area contributed by atoms with Crippen LogP contribution in [0.25, 0.3) is 5.82 Å². The molecule has 7 nitrogen and oxygen atoms in total. The molecule has 2 heterocycles. The summed E-state index contributed by atoms with van der Waals surface area (Å²) in [7, 11) is -3.11. The Morgan fingerprint density at radius 3 is 2.52 bits per heavy atom. The summed E-state index contributed by atoms with van der Waals surface area (Å²) < 4.78 is 27.7. The molecule has 0 spiro atoms. The monoisotopic (exact) mass is 307 g/mol. The van der Waals surface area contributed by atoms with E-state index in [1.165, 1.54) is 0 Å². The van der Waals surface area contributed by atoms with Gasteiger partial charge in [-0.05, 0) is 37.1 Å². The van der Waals surface area contributed by atoms with E-state index in [0.29, 0.717) is 18.9 Å². The van der Waals surface area contributed by atoms with Crippen LogP contribution >= 0.6 is 0 Å². The van der Waals surface area contributed by atoms with Crippen molar-refractivity contribution in [2.45, 2.75) is 18.1 Å². The minimum absolute atomic E-state index is 0.182. The second-order valence-electron chi connectivity index (χ2n) is 4.93. The molecule has 8 heteroatoms. The Balaban J connectivity index is 1.47. The Kier molecular flexibility index (Phi) is 3.89. The molecule has 1 saturated carbocycles. The molecule has 0 unspecified atom stereocenters. The third-order valence-corrected chi connectivity index (χ3v) is 5.17. The highest BCUT2D eigenvalue weighted by atomic mass is 32.2. The van der Waals surface area contributed by atoms with Crippen molar-refractivity contribution in [1.29, 1.82) is 0 Å². The van der Waals surface area contributed by atoms with Gasteiger partial charge >= 0.3 is 0 Å². The van der Waals surface area contributed by atoms with Gasteiger partial charge in [-0.1, -0.05) is 0 Å². The first kappa shape index (κ1) is 14.0. The van der Waals surface area contributed by atoms with E-state index >= 15 is 0 Å². The first-order valence-corrected chi connectivity index (χ1v) is 8.39. The number of anilines is 1. The summed E-state index contributed by atoms with van der Waals surface area (Å²) >= 11 is 0. The molecule has 2 aromatic rings. The average molecular weight is 307 g/mol. The molecule has 2 N–H and O–H groups in total. The molecule has 0 saturated heterocycles. The van der Waals surface area contributed by atoms with Crippen molar-refractivity contribution in [2.24, 2.45) is 0 Å². The Bertz CT molecular complexity index is 678. The smallest absolute Gasteiger partial charge is 0.214 e. The van der Waals surface area contributed by atoms with Gasteiger partial charge in [0.2, 0.25) is 10.0 Å². The minimum Gasteiger partial charge on any atom is -0.367 e. The lowest BCUT2D eigenvalue weighted by molar-refractivity contribution is 0.581. The molecule has 1 aliphatic rings. The number of nitrogens with zero attached hydrogens (tertiary/aromatic N) is 3. The second kappa shape index (κ2) is 5.82. The normalized spacial score (nSPS) is 15.0. The number of rotatable bonds is 7. The van der Waals surface area contributed by atoms with Gasteiger partial charge in [-0.25, -0.2) is 13.1 Å². The first-order chi connectivity index (χ1) is 10.1. The quantitative estimate of drug-likeness (QED) is 0.737. The van der Waals surface area contributed by atoms with Crippen LogP contribution in [0.2, 0.25) is 0 Å². The van der Waals surface area contributed by atoms with Crippen molar-refractivity contribution < 1.29 is 8.42 Å². The fourth-order valence-electron chi connectivity index (χ4n) is 1.92. The Labute approximate surface area is 123 Å². The average Bonchev–Trinajstić information content (AvgIpc) is 3.22. The van der Waals surface area contributed by atoms with Crippen molar-refractivity contribution in [3.05, 3.63) is 36.7 Å². The zero-order chi connectivity index (χ0) is 14.7. The van der Waals surface area contributed by atoms with Crippen LogP contribution in [-0.2, 0) is 10.0 Å². The number of aromatic nitrogens is 3. The van der Waals surface area contributed by atoms with Crippen LogP contribution in [-0.4, -0.2) is 41.5 Å². The van der Waals surface area contributed by atoms with Crippen LogP contribution in [0, 0.1) is 0 Å². The molecule has 112 valence electrons. The third-order valence-electron chi connectivity index (χ3n) is 3.22. The van der Waals surface area contributed by atoms with Crippen LogP contribution in [0.1, 0.15) is 12.8 Å². The van der Waals surface area contributed by atoms with Gasteiger partial charge in [0.15, 0.2) is 5.82 Å². The fraction of sp³-hybridized carbons (Fsp3) is 0.385. The molecule has 0 amide bonds. The van der Waals surface area contributed by atoms with E-state index in [-0.39, 0.29) is 5.25 Å². The molecule has 1 fully saturated rings. The SMILES string of the molecule is O=S(=O)(NCCNc1ccc(-n2cccc2)nn1)C1CC1. The van der Waals surface area contributed by atoms with Gasteiger partial charge in [0.05, 0.1) is 5.25 Å². The predicted octanol–water partition coefficient (Wildman–Crippen LogP) is 0.761. The molecule has 0 atom stereocenters. The molecule has 0 bridgehead atoms. The highest BCUT2D eigenvalue weighted by Gasteiger charge is 2.35. The molecule has 3 rings (SSSR count). The van der Waals surface area contributed by atoms with E-state index in [9.17, 15) is 8.42 Å². The van der Waals surface area contributed by atoms with E-state index in [4.69, 9.17) is 0 Å². The predicted molar refractivity (Wildman–Crippen MR) is 79.8 cm³/mol. The Morgan fingerprint density at radius 1 is 1.14 bits per heavy atom.